The maximum Gasteiger partial charge on any atom is 0.251 e. The Bertz CT molecular complexity index is 831. The van der Waals surface area contributed by atoms with Crippen LogP contribution in [0.3, 0.4) is 0 Å². The van der Waals surface area contributed by atoms with Crippen molar-refractivity contribution in [1.29, 1.82) is 0 Å². The van der Waals surface area contributed by atoms with E-state index >= 15 is 0 Å². The first-order valence-corrected chi connectivity index (χ1v) is 9.01. The number of carbonyl (C=O) groups excluding carboxylic acids is 1. The number of carbonyl (C=O) groups is 1. The van der Waals surface area contributed by atoms with Gasteiger partial charge in [-0.15, -0.1) is 0 Å². The van der Waals surface area contributed by atoms with Gasteiger partial charge in [0.2, 0.25) is 5.88 Å². The molecule has 2 aromatic rings. The van der Waals surface area contributed by atoms with Crippen LogP contribution >= 0.6 is 0 Å². The summed E-state index contributed by atoms with van der Waals surface area (Å²) >= 11 is 0. The number of ether oxygens (including phenoxy) is 1. The number of pyridine rings is 1. The minimum atomic E-state index is -0.779. The van der Waals surface area contributed by atoms with Crippen LogP contribution in [-0.2, 0) is 6.42 Å². The number of halogens is 2. The van der Waals surface area contributed by atoms with Gasteiger partial charge in [-0.2, -0.15) is 0 Å². The third-order valence-electron chi connectivity index (χ3n) is 4.98. The molecule has 1 amide bonds. The van der Waals surface area contributed by atoms with Gasteiger partial charge in [-0.05, 0) is 49.9 Å². The summed E-state index contributed by atoms with van der Waals surface area (Å²) in [5.41, 5.74) is 5.20. The molecule has 7 heteroatoms. The van der Waals surface area contributed by atoms with E-state index in [1.807, 2.05) is 6.92 Å². The normalized spacial score (nSPS) is 20.4. The van der Waals surface area contributed by atoms with Crippen LogP contribution in [0.5, 0.6) is 5.88 Å². The molecule has 0 spiro atoms. The van der Waals surface area contributed by atoms with E-state index in [1.165, 1.54) is 30.5 Å². The van der Waals surface area contributed by atoms with E-state index in [0.29, 0.717) is 13.0 Å². The lowest BCUT2D eigenvalue weighted by molar-refractivity contribution is -0.0978. The fourth-order valence-corrected chi connectivity index (χ4v) is 3.46. The number of likely N-dealkylation sites (tertiary alicyclic amines) is 1. The third kappa shape index (κ3) is 4.60. The summed E-state index contributed by atoms with van der Waals surface area (Å²) < 4.78 is 33.4. The van der Waals surface area contributed by atoms with Gasteiger partial charge in [-0.25, -0.2) is 13.8 Å². The van der Waals surface area contributed by atoms with Crippen LogP contribution in [0.15, 0.2) is 36.5 Å². The number of primary amides is 1. The zero-order valence-electron chi connectivity index (χ0n) is 15.3. The largest absolute Gasteiger partial charge is 0.456 e. The molecule has 0 radical (unpaired) electrons. The summed E-state index contributed by atoms with van der Waals surface area (Å²) in [6.07, 6.45) is 4.80. The Balaban J connectivity index is 1.70. The molecule has 1 aliphatic rings. The Morgan fingerprint density at radius 3 is 2.81 bits per heavy atom. The molecule has 1 unspecified atom stereocenters. The molecule has 1 aromatic carbocycles. The molecule has 1 aliphatic heterocycles. The third-order valence-corrected chi connectivity index (χ3v) is 4.98. The molecule has 0 saturated carbocycles. The molecule has 2 heterocycles. The van der Waals surface area contributed by atoms with Crippen molar-refractivity contribution in [3.8, 4) is 5.88 Å². The number of hydrogen-bond acceptors (Lipinski definition) is 4. The van der Waals surface area contributed by atoms with Crippen molar-refractivity contribution in [2.45, 2.75) is 38.3 Å². The number of benzene rings is 1. The first kappa shape index (κ1) is 19.2. The van der Waals surface area contributed by atoms with Gasteiger partial charge in [0.25, 0.3) is 5.91 Å². The molecule has 1 aromatic heterocycles. The summed E-state index contributed by atoms with van der Waals surface area (Å²) in [6.45, 7) is 3.43. The van der Waals surface area contributed by atoms with Crippen LogP contribution in [0.2, 0.25) is 0 Å². The highest BCUT2D eigenvalue weighted by atomic mass is 19.1. The maximum absolute atomic E-state index is 14.0. The highest BCUT2D eigenvalue weighted by Gasteiger charge is 2.36. The van der Waals surface area contributed by atoms with E-state index in [4.69, 9.17) is 10.5 Å². The maximum atomic E-state index is 14.0. The number of amides is 1. The lowest BCUT2D eigenvalue weighted by atomic mass is 9.98. The molecular weight excluding hydrogens is 352 g/mol. The minimum Gasteiger partial charge on any atom is -0.456 e. The van der Waals surface area contributed by atoms with E-state index in [-0.39, 0.29) is 11.4 Å². The van der Waals surface area contributed by atoms with E-state index in [2.05, 4.69) is 9.88 Å². The number of aromatic nitrogens is 1. The van der Waals surface area contributed by atoms with Gasteiger partial charge in [0.1, 0.15) is 11.6 Å². The molecule has 1 fully saturated rings. The van der Waals surface area contributed by atoms with E-state index in [9.17, 15) is 13.6 Å². The Morgan fingerprint density at radius 2 is 2.11 bits per heavy atom. The lowest BCUT2D eigenvalue weighted by Crippen LogP contribution is -2.54. The first-order chi connectivity index (χ1) is 12.9. The molecule has 3 rings (SSSR count). The Kier molecular flexibility index (Phi) is 5.70. The second kappa shape index (κ2) is 8.00. The molecule has 0 bridgehead atoms. The number of piperidine rings is 1. The van der Waals surface area contributed by atoms with Crippen LogP contribution < -0.4 is 10.5 Å². The standard InChI is InChI=1S/C20H23F2N3O2/c1-20(27-18-13-15(21)6-9-24-18)8-2-3-10-25(20)11-7-14-4-5-16(19(23)26)17(22)12-14/h4-6,9,12-13H,2-3,7-8,10-11H2,1H3,(H2,23,26). The zero-order valence-corrected chi connectivity index (χ0v) is 15.3. The topological polar surface area (TPSA) is 68.4 Å². The second-order valence-corrected chi connectivity index (χ2v) is 6.96. The van der Waals surface area contributed by atoms with Crippen LogP contribution in [0.1, 0.15) is 42.1 Å². The number of nitrogens with two attached hydrogens (primary N) is 1. The summed E-state index contributed by atoms with van der Waals surface area (Å²) in [6, 6.07) is 7.01. The summed E-state index contributed by atoms with van der Waals surface area (Å²) in [4.78, 5) is 17.4. The molecule has 1 atom stereocenters. The lowest BCUT2D eigenvalue weighted by Gasteiger charge is -2.44. The van der Waals surface area contributed by atoms with Crippen LogP contribution in [0.4, 0.5) is 8.78 Å². The van der Waals surface area contributed by atoms with Crippen LogP contribution in [-0.4, -0.2) is 34.6 Å². The number of nitrogens with zero attached hydrogens (tertiary/aromatic N) is 2. The van der Waals surface area contributed by atoms with E-state index < -0.39 is 23.3 Å². The van der Waals surface area contributed by atoms with Crippen molar-refractivity contribution in [3.63, 3.8) is 0 Å². The van der Waals surface area contributed by atoms with Gasteiger partial charge in [0.05, 0.1) is 5.56 Å². The Hall–Kier alpha value is -2.54. The van der Waals surface area contributed by atoms with Crippen molar-refractivity contribution in [3.05, 3.63) is 59.3 Å². The quantitative estimate of drug-likeness (QED) is 0.841. The number of hydrogen-bond donors (Lipinski definition) is 1. The number of rotatable bonds is 6. The van der Waals surface area contributed by atoms with Gasteiger partial charge >= 0.3 is 0 Å². The summed E-state index contributed by atoms with van der Waals surface area (Å²) in [7, 11) is 0. The summed E-state index contributed by atoms with van der Waals surface area (Å²) in [5, 5.41) is 0. The predicted molar refractivity (Wildman–Crippen MR) is 97.3 cm³/mol. The van der Waals surface area contributed by atoms with Gasteiger partial charge < -0.3 is 10.5 Å². The van der Waals surface area contributed by atoms with Crippen LogP contribution in [0.25, 0.3) is 0 Å². The van der Waals surface area contributed by atoms with Gasteiger partial charge in [0, 0.05) is 31.8 Å². The molecule has 144 valence electrons. The highest BCUT2D eigenvalue weighted by Crippen LogP contribution is 2.30. The smallest absolute Gasteiger partial charge is 0.251 e. The molecule has 2 N–H and O–H groups in total. The van der Waals surface area contributed by atoms with Gasteiger partial charge in [-0.1, -0.05) is 6.07 Å². The average Bonchev–Trinajstić information content (AvgIpc) is 2.60. The fraction of sp³-hybridized carbons (Fsp3) is 0.400. The zero-order chi connectivity index (χ0) is 19.4. The van der Waals surface area contributed by atoms with Crippen molar-refractivity contribution in [1.82, 2.24) is 9.88 Å². The Labute approximate surface area is 157 Å². The molecule has 1 saturated heterocycles. The average molecular weight is 375 g/mol. The van der Waals surface area contributed by atoms with Crippen LogP contribution in [0, 0.1) is 11.6 Å². The first-order valence-electron chi connectivity index (χ1n) is 9.01. The van der Waals surface area contributed by atoms with Crippen molar-refractivity contribution in [2.24, 2.45) is 5.73 Å². The van der Waals surface area contributed by atoms with E-state index in [0.717, 1.165) is 31.4 Å². The fourth-order valence-electron chi connectivity index (χ4n) is 3.46. The molecule has 5 nitrogen and oxygen atoms in total. The van der Waals surface area contributed by atoms with Crippen molar-refractivity contribution >= 4 is 5.91 Å². The molecule has 27 heavy (non-hydrogen) atoms. The van der Waals surface area contributed by atoms with Gasteiger partial charge in [0.15, 0.2) is 5.72 Å². The molecule has 0 aliphatic carbocycles. The monoisotopic (exact) mass is 375 g/mol. The SMILES string of the molecule is CC1(Oc2cc(F)ccn2)CCCCN1CCc1ccc(C(N)=O)c(F)c1. The van der Waals surface area contributed by atoms with E-state index in [1.54, 1.807) is 6.07 Å². The van der Waals surface area contributed by atoms with Crippen molar-refractivity contribution in [2.75, 3.05) is 13.1 Å². The molecular formula is C20H23F2N3O2. The predicted octanol–water partition coefficient (Wildman–Crippen LogP) is 3.28. The minimum absolute atomic E-state index is 0.109. The summed E-state index contributed by atoms with van der Waals surface area (Å²) in [5.74, 6) is -1.53. The highest BCUT2D eigenvalue weighted by molar-refractivity contribution is 5.93. The van der Waals surface area contributed by atoms with Crippen molar-refractivity contribution < 1.29 is 18.3 Å². The van der Waals surface area contributed by atoms with Gasteiger partial charge in [-0.3, -0.25) is 9.69 Å². The Morgan fingerprint density at radius 1 is 1.30 bits per heavy atom. The second-order valence-electron chi connectivity index (χ2n) is 6.96.